The van der Waals surface area contributed by atoms with Gasteiger partial charge in [-0.15, -0.1) is 11.3 Å². The standard InChI is InChI=1S/C22H14ClN3O3S/c1-12-4-5-13(9-16(12)25-21(28)18-3-2-8-29-18)20(27)15(11-24)22-26-17-10-14(23)6-7-19(17)30-22/h2-10,15H,1H3,(H,25,28). The number of furan rings is 1. The second kappa shape index (κ2) is 8.11. The van der Waals surface area contributed by atoms with Crippen molar-refractivity contribution >= 4 is 50.5 Å². The predicted octanol–water partition coefficient (Wildman–Crippen LogP) is 5.59. The second-order valence-corrected chi connectivity index (χ2v) is 8.05. The molecule has 148 valence electrons. The van der Waals surface area contributed by atoms with Crippen LogP contribution in [0.1, 0.15) is 37.4 Å². The van der Waals surface area contributed by atoms with Gasteiger partial charge >= 0.3 is 0 Å². The van der Waals surface area contributed by atoms with Gasteiger partial charge in [0.15, 0.2) is 17.5 Å². The fraction of sp³-hybridized carbons (Fsp3) is 0.0909. The Hall–Kier alpha value is -3.47. The van der Waals surface area contributed by atoms with Gasteiger partial charge in [0.25, 0.3) is 5.91 Å². The maximum Gasteiger partial charge on any atom is 0.291 e. The summed E-state index contributed by atoms with van der Waals surface area (Å²) in [5.74, 6) is -1.71. The van der Waals surface area contributed by atoms with Crippen LogP contribution in [0.15, 0.2) is 59.2 Å². The minimum absolute atomic E-state index is 0.161. The Morgan fingerprint density at radius 1 is 1.23 bits per heavy atom. The third-order valence-electron chi connectivity index (χ3n) is 4.52. The Morgan fingerprint density at radius 3 is 2.80 bits per heavy atom. The number of ketones is 1. The molecule has 0 fully saturated rings. The van der Waals surface area contributed by atoms with Crippen LogP contribution < -0.4 is 5.32 Å². The number of benzene rings is 2. The lowest BCUT2D eigenvalue weighted by atomic mass is 9.97. The largest absolute Gasteiger partial charge is 0.459 e. The van der Waals surface area contributed by atoms with Crippen molar-refractivity contribution in [2.75, 3.05) is 5.32 Å². The SMILES string of the molecule is Cc1ccc(C(=O)C(C#N)c2nc3cc(Cl)ccc3s2)cc1NC(=O)c1ccco1. The van der Waals surface area contributed by atoms with Gasteiger partial charge in [0.1, 0.15) is 5.01 Å². The molecule has 0 saturated heterocycles. The van der Waals surface area contributed by atoms with Crippen molar-refractivity contribution in [1.82, 2.24) is 4.98 Å². The molecule has 2 aromatic carbocycles. The van der Waals surface area contributed by atoms with Crippen molar-refractivity contribution < 1.29 is 14.0 Å². The number of amides is 1. The molecule has 1 atom stereocenters. The van der Waals surface area contributed by atoms with E-state index in [2.05, 4.69) is 16.4 Å². The molecule has 0 aliphatic carbocycles. The average Bonchev–Trinajstić information content (AvgIpc) is 3.39. The highest BCUT2D eigenvalue weighted by molar-refractivity contribution is 7.18. The zero-order valence-electron chi connectivity index (χ0n) is 15.7. The van der Waals surface area contributed by atoms with E-state index < -0.39 is 17.6 Å². The van der Waals surface area contributed by atoms with E-state index in [0.717, 1.165) is 10.3 Å². The fourth-order valence-corrected chi connectivity index (χ4v) is 4.09. The molecule has 4 aromatic rings. The molecule has 30 heavy (non-hydrogen) atoms. The summed E-state index contributed by atoms with van der Waals surface area (Å²) in [6, 6.07) is 15.4. The van der Waals surface area contributed by atoms with Crippen LogP contribution in [0.3, 0.4) is 0 Å². The summed E-state index contributed by atoms with van der Waals surface area (Å²) in [6.07, 6.45) is 1.41. The first-order valence-electron chi connectivity index (χ1n) is 8.91. The van der Waals surface area contributed by atoms with Crippen LogP contribution in [-0.4, -0.2) is 16.7 Å². The number of aryl methyl sites for hydroxylation is 1. The van der Waals surface area contributed by atoms with Crippen LogP contribution in [0.2, 0.25) is 5.02 Å². The van der Waals surface area contributed by atoms with Crippen molar-refractivity contribution in [2.45, 2.75) is 12.8 Å². The number of aromatic nitrogens is 1. The Morgan fingerprint density at radius 2 is 2.07 bits per heavy atom. The number of anilines is 1. The number of nitrogens with zero attached hydrogens (tertiary/aromatic N) is 2. The van der Waals surface area contributed by atoms with Crippen molar-refractivity contribution in [3.8, 4) is 6.07 Å². The van der Waals surface area contributed by atoms with Gasteiger partial charge in [-0.3, -0.25) is 9.59 Å². The normalized spacial score (nSPS) is 11.8. The maximum absolute atomic E-state index is 13.1. The molecule has 0 radical (unpaired) electrons. The van der Waals surface area contributed by atoms with Crippen molar-refractivity contribution in [2.24, 2.45) is 0 Å². The average molecular weight is 436 g/mol. The smallest absolute Gasteiger partial charge is 0.291 e. The number of carbonyl (C=O) groups excluding carboxylic acids is 2. The lowest BCUT2D eigenvalue weighted by Crippen LogP contribution is -2.14. The number of rotatable bonds is 5. The van der Waals surface area contributed by atoms with E-state index in [1.807, 2.05) is 13.0 Å². The second-order valence-electron chi connectivity index (χ2n) is 6.55. The first kappa shape index (κ1) is 19.8. The lowest BCUT2D eigenvalue weighted by Gasteiger charge is -2.11. The predicted molar refractivity (Wildman–Crippen MR) is 115 cm³/mol. The zero-order valence-corrected chi connectivity index (χ0v) is 17.3. The van der Waals surface area contributed by atoms with Gasteiger partial charge in [-0.05, 0) is 48.9 Å². The quantitative estimate of drug-likeness (QED) is 0.412. The molecule has 1 amide bonds. The first-order chi connectivity index (χ1) is 14.5. The van der Waals surface area contributed by atoms with Crippen LogP contribution in [0.4, 0.5) is 5.69 Å². The van der Waals surface area contributed by atoms with Gasteiger partial charge in [0.2, 0.25) is 0 Å². The van der Waals surface area contributed by atoms with Crippen molar-refractivity contribution in [3.05, 3.63) is 81.7 Å². The fourth-order valence-electron chi connectivity index (χ4n) is 2.94. The summed E-state index contributed by atoms with van der Waals surface area (Å²) < 4.78 is 5.94. The Kier molecular flexibility index (Phi) is 5.36. The van der Waals surface area contributed by atoms with E-state index in [4.69, 9.17) is 16.0 Å². The Balaban J connectivity index is 1.64. The molecule has 0 saturated carbocycles. The molecule has 6 nitrogen and oxygen atoms in total. The topological polar surface area (TPSA) is 96.0 Å². The molecule has 8 heteroatoms. The minimum atomic E-state index is -1.06. The summed E-state index contributed by atoms with van der Waals surface area (Å²) in [5.41, 5.74) is 2.19. The van der Waals surface area contributed by atoms with Crippen LogP contribution in [0, 0.1) is 18.3 Å². The molecule has 1 N–H and O–H groups in total. The number of fused-ring (bicyclic) bond motifs is 1. The van der Waals surface area contributed by atoms with Gasteiger partial charge in [-0.2, -0.15) is 5.26 Å². The van der Waals surface area contributed by atoms with Crippen LogP contribution in [-0.2, 0) is 0 Å². The molecule has 1 unspecified atom stereocenters. The zero-order chi connectivity index (χ0) is 21.3. The number of hydrogen-bond donors (Lipinski definition) is 1. The van der Waals surface area contributed by atoms with E-state index in [1.165, 1.54) is 17.6 Å². The molecular formula is C22H14ClN3O3S. The number of halogens is 1. The number of nitriles is 1. The highest BCUT2D eigenvalue weighted by Gasteiger charge is 2.26. The van der Waals surface area contributed by atoms with Gasteiger partial charge in [-0.25, -0.2) is 4.98 Å². The van der Waals surface area contributed by atoms with E-state index in [1.54, 1.807) is 42.5 Å². The molecule has 0 spiro atoms. The monoisotopic (exact) mass is 435 g/mol. The van der Waals surface area contributed by atoms with Gasteiger partial charge in [0.05, 0.1) is 22.5 Å². The number of Topliss-reactive ketones (excluding diaryl/α,β-unsaturated/α-hetero) is 1. The molecule has 4 rings (SSSR count). The first-order valence-corrected chi connectivity index (χ1v) is 10.1. The number of hydrogen-bond acceptors (Lipinski definition) is 6. The van der Waals surface area contributed by atoms with Crippen LogP contribution >= 0.6 is 22.9 Å². The summed E-state index contributed by atoms with van der Waals surface area (Å²) >= 11 is 7.28. The molecule has 2 heterocycles. The van der Waals surface area contributed by atoms with Crippen molar-refractivity contribution in [1.29, 1.82) is 5.26 Å². The molecule has 2 aromatic heterocycles. The van der Waals surface area contributed by atoms with Crippen LogP contribution in [0.5, 0.6) is 0 Å². The van der Waals surface area contributed by atoms with Gasteiger partial charge < -0.3 is 9.73 Å². The summed E-state index contributed by atoms with van der Waals surface area (Å²) in [4.78, 5) is 29.8. The highest BCUT2D eigenvalue weighted by atomic mass is 35.5. The number of carbonyl (C=O) groups is 2. The third-order valence-corrected chi connectivity index (χ3v) is 5.86. The molecule has 0 bridgehead atoms. The molecular weight excluding hydrogens is 422 g/mol. The van der Waals surface area contributed by atoms with Crippen LogP contribution in [0.25, 0.3) is 10.2 Å². The van der Waals surface area contributed by atoms with E-state index in [9.17, 15) is 14.9 Å². The van der Waals surface area contributed by atoms with Gasteiger partial charge in [-0.1, -0.05) is 23.7 Å². The summed E-state index contributed by atoms with van der Waals surface area (Å²) in [7, 11) is 0. The summed E-state index contributed by atoms with van der Waals surface area (Å²) in [5, 5.41) is 13.4. The van der Waals surface area contributed by atoms with Crippen molar-refractivity contribution in [3.63, 3.8) is 0 Å². The minimum Gasteiger partial charge on any atom is -0.459 e. The highest BCUT2D eigenvalue weighted by Crippen LogP contribution is 2.31. The third kappa shape index (κ3) is 3.83. The lowest BCUT2D eigenvalue weighted by molar-refractivity contribution is 0.0974. The maximum atomic E-state index is 13.1. The number of nitrogens with one attached hydrogen (secondary N) is 1. The van der Waals surface area contributed by atoms with E-state index in [0.29, 0.717) is 26.8 Å². The van der Waals surface area contributed by atoms with E-state index >= 15 is 0 Å². The molecule has 0 aliphatic rings. The molecule has 0 aliphatic heterocycles. The number of thiazole rings is 1. The Labute approximate surface area is 180 Å². The van der Waals surface area contributed by atoms with Gasteiger partial charge in [0, 0.05) is 16.3 Å². The van der Waals surface area contributed by atoms with E-state index in [-0.39, 0.29) is 5.76 Å². The summed E-state index contributed by atoms with van der Waals surface area (Å²) in [6.45, 7) is 1.81. The Bertz CT molecular complexity index is 1310.